The van der Waals surface area contributed by atoms with Crippen LogP contribution in [-0.2, 0) is 9.59 Å². The Bertz CT molecular complexity index is 380. The van der Waals surface area contributed by atoms with Crippen molar-refractivity contribution in [3.05, 3.63) is 0 Å². The molecule has 0 aromatic carbocycles. The Morgan fingerprint density at radius 1 is 1.25 bits per heavy atom. The van der Waals surface area contributed by atoms with Crippen molar-refractivity contribution in [3.8, 4) is 0 Å². The molecule has 1 aliphatic heterocycles. The molecule has 20 heavy (non-hydrogen) atoms. The van der Waals surface area contributed by atoms with Gasteiger partial charge in [-0.25, -0.2) is 4.79 Å². The van der Waals surface area contributed by atoms with E-state index in [1.165, 1.54) is 18.9 Å². The number of carbonyl (C=O) groups is 3. The average molecular weight is 285 g/mol. The van der Waals surface area contributed by atoms with Crippen LogP contribution in [0.2, 0.25) is 0 Å². The largest absolute Gasteiger partial charge is 0.481 e. The second-order valence-electron chi connectivity index (χ2n) is 5.31. The first kappa shape index (κ1) is 16.3. The number of nitrogens with zero attached hydrogens (tertiary/aromatic N) is 2. The highest BCUT2D eigenvalue weighted by Gasteiger charge is 2.24. The van der Waals surface area contributed by atoms with Gasteiger partial charge in [-0.2, -0.15) is 0 Å². The van der Waals surface area contributed by atoms with Gasteiger partial charge in [0.05, 0.1) is 5.92 Å². The zero-order valence-electron chi connectivity index (χ0n) is 12.3. The Morgan fingerprint density at radius 2 is 1.80 bits per heavy atom. The predicted molar refractivity (Wildman–Crippen MR) is 73.2 cm³/mol. The minimum atomic E-state index is -0.964. The fourth-order valence-electron chi connectivity index (χ4n) is 1.99. The minimum absolute atomic E-state index is 0.0139. The summed E-state index contributed by atoms with van der Waals surface area (Å²) in [6.07, 6.45) is 2.02. The molecule has 1 saturated heterocycles. The Kier molecular flexibility index (Phi) is 5.79. The van der Waals surface area contributed by atoms with Crippen molar-refractivity contribution >= 4 is 17.9 Å². The standard InChI is InChI=1S/C13H23N3O4/c1-9(12(18)19)10(2)14-13(20)15(3)8-11(17)16-6-4-5-7-16/h9-10H,4-8H2,1-3H3,(H,14,20)(H,18,19). The molecule has 0 radical (unpaired) electrons. The lowest BCUT2D eigenvalue weighted by Crippen LogP contribution is -2.48. The van der Waals surface area contributed by atoms with Gasteiger partial charge in [0.25, 0.3) is 0 Å². The van der Waals surface area contributed by atoms with Crippen LogP contribution in [-0.4, -0.2) is 65.5 Å². The number of likely N-dealkylation sites (tertiary alicyclic amines) is 1. The monoisotopic (exact) mass is 285 g/mol. The molecule has 0 bridgehead atoms. The van der Waals surface area contributed by atoms with Crippen molar-refractivity contribution in [2.75, 3.05) is 26.7 Å². The summed E-state index contributed by atoms with van der Waals surface area (Å²) in [5.41, 5.74) is 0. The van der Waals surface area contributed by atoms with E-state index in [1.807, 2.05) is 0 Å². The minimum Gasteiger partial charge on any atom is -0.481 e. The first-order chi connectivity index (χ1) is 9.32. The number of carboxylic acids is 1. The van der Waals surface area contributed by atoms with E-state index < -0.39 is 24.0 Å². The Balaban J connectivity index is 2.42. The number of urea groups is 1. The number of likely N-dealkylation sites (N-methyl/N-ethyl adjacent to an activating group) is 1. The van der Waals surface area contributed by atoms with Crippen molar-refractivity contribution in [3.63, 3.8) is 0 Å². The van der Waals surface area contributed by atoms with Crippen molar-refractivity contribution in [1.82, 2.24) is 15.1 Å². The average Bonchev–Trinajstić information content (AvgIpc) is 2.91. The van der Waals surface area contributed by atoms with Gasteiger partial charge >= 0.3 is 12.0 Å². The third-order valence-electron chi connectivity index (χ3n) is 3.67. The van der Waals surface area contributed by atoms with E-state index in [-0.39, 0.29) is 12.5 Å². The SMILES string of the molecule is CC(NC(=O)N(C)CC(=O)N1CCCC1)C(C)C(=O)O. The van der Waals surface area contributed by atoms with Gasteiger partial charge in [-0.3, -0.25) is 9.59 Å². The van der Waals surface area contributed by atoms with Crippen molar-refractivity contribution in [2.24, 2.45) is 5.92 Å². The lowest BCUT2D eigenvalue weighted by atomic mass is 10.0. The maximum atomic E-state index is 11.9. The van der Waals surface area contributed by atoms with Gasteiger partial charge in [-0.15, -0.1) is 0 Å². The van der Waals surface area contributed by atoms with E-state index in [0.717, 1.165) is 25.9 Å². The summed E-state index contributed by atoms with van der Waals surface area (Å²) in [5.74, 6) is -1.71. The van der Waals surface area contributed by atoms with Crippen LogP contribution < -0.4 is 5.32 Å². The number of nitrogens with one attached hydrogen (secondary N) is 1. The van der Waals surface area contributed by atoms with Crippen molar-refractivity contribution in [2.45, 2.75) is 32.7 Å². The van der Waals surface area contributed by atoms with Gasteiger partial charge in [-0.05, 0) is 26.7 Å². The van der Waals surface area contributed by atoms with Gasteiger partial charge in [0, 0.05) is 26.2 Å². The first-order valence-corrected chi connectivity index (χ1v) is 6.85. The molecule has 114 valence electrons. The summed E-state index contributed by atoms with van der Waals surface area (Å²) < 4.78 is 0. The smallest absolute Gasteiger partial charge is 0.317 e. The summed E-state index contributed by atoms with van der Waals surface area (Å²) in [5, 5.41) is 11.5. The van der Waals surface area contributed by atoms with E-state index in [9.17, 15) is 14.4 Å². The zero-order valence-corrected chi connectivity index (χ0v) is 12.3. The molecule has 1 aliphatic rings. The van der Waals surface area contributed by atoms with Gasteiger partial charge in [-0.1, -0.05) is 0 Å². The Morgan fingerprint density at radius 3 is 2.30 bits per heavy atom. The van der Waals surface area contributed by atoms with Crippen molar-refractivity contribution < 1.29 is 19.5 Å². The second kappa shape index (κ2) is 7.12. The molecule has 1 fully saturated rings. The number of aliphatic carboxylic acids is 1. The van der Waals surface area contributed by atoms with Gasteiger partial charge in [0.2, 0.25) is 5.91 Å². The highest BCUT2D eigenvalue weighted by molar-refractivity contribution is 5.84. The number of rotatable bonds is 5. The Labute approximate surface area is 118 Å². The molecular formula is C13H23N3O4. The predicted octanol–water partition coefficient (Wildman–Crippen LogP) is 0.359. The molecule has 2 unspecified atom stereocenters. The van der Waals surface area contributed by atoms with Crippen LogP contribution in [0.15, 0.2) is 0 Å². The molecule has 7 nitrogen and oxygen atoms in total. The number of amides is 3. The van der Waals surface area contributed by atoms with E-state index >= 15 is 0 Å². The van der Waals surface area contributed by atoms with E-state index in [0.29, 0.717) is 0 Å². The van der Waals surface area contributed by atoms with Gasteiger partial charge in [0.15, 0.2) is 0 Å². The highest BCUT2D eigenvalue weighted by Crippen LogP contribution is 2.08. The lowest BCUT2D eigenvalue weighted by Gasteiger charge is -2.24. The molecule has 2 N–H and O–H groups in total. The van der Waals surface area contributed by atoms with Crippen LogP contribution in [0.25, 0.3) is 0 Å². The third-order valence-corrected chi connectivity index (χ3v) is 3.67. The zero-order chi connectivity index (χ0) is 15.3. The van der Waals surface area contributed by atoms with E-state index in [4.69, 9.17) is 5.11 Å². The topological polar surface area (TPSA) is 90.0 Å². The molecule has 0 aromatic rings. The van der Waals surface area contributed by atoms with Gasteiger partial charge in [0.1, 0.15) is 6.54 Å². The summed E-state index contributed by atoms with van der Waals surface area (Å²) in [4.78, 5) is 37.6. The number of hydrogen-bond donors (Lipinski definition) is 2. The molecule has 0 spiro atoms. The van der Waals surface area contributed by atoms with Crippen LogP contribution in [0.1, 0.15) is 26.7 Å². The lowest BCUT2D eigenvalue weighted by molar-refractivity contribution is -0.141. The molecule has 0 aliphatic carbocycles. The quantitative estimate of drug-likeness (QED) is 0.763. The number of carboxylic acid groups (broad SMARTS) is 1. The third kappa shape index (κ3) is 4.40. The summed E-state index contributed by atoms with van der Waals surface area (Å²) >= 11 is 0. The van der Waals surface area contributed by atoms with Gasteiger partial charge < -0.3 is 20.2 Å². The van der Waals surface area contributed by atoms with Crippen LogP contribution in [0, 0.1) is 5.92 Å². The number of carbonyl (C=O) groups excluding carboxylic acids is 2. The molecule has 0 saturated carbocycles. The maximum absolute atomic E-state index is 11.9. The molecule has 1 heterocycles. The molecular weight excluding hydrogens is 262 g/mol. The van der Waals surface area contributed by atoms with Crippen LogP contribution >= 0.6 is 0 Å². The second-order valence-corrected chi connectivity index (χ2v) is 5.31. The number of hydrogen-bond acceptors (Lipinski definition) is 3. The van der Waals surface area contributed by atoms with Crippen LogP contribution in [0.5, 0.6) is 0 Å². The normalized spacial score (nSPS) is 17.4. The summed E-state index contributed by atoms with van der Waals surface area (Å²) in [6.45, 7) is 4.68. The Hall–Kier alpha value is -1.79. The molecule has 3 amide bonds. The summed E-state index contributed by atoms with van der Waals surface area (Å²) in [7, 11) is 1.53. The molecule has 0 aromatic heterocycles. The fraction of sp³-hybridized carbons (Fsp3) is 0.769. The molecule has 2 atom stereocenters. The molecule has 1 rings (SSSR count). The van der Waals surface area contributed by atoms with Crippen LogP contribution in [0.3, 0.4) is 0 Å². The van der Waals surface area contributed by atoms with E-state index in [2.05, 4.69) is 5.32 Å². The first-order valence-electron chi connectivity index (χ1n) is 6.85. The fourth-order valence-corrected chi connectivity index (χ4v) is 1.99. The molecule has 7 heteroatoms. The van der Waals surface area contributed by atoms with E-state index in [1.54, 1.807) is 11.8 Å². The highest BCUT2D eigenvalue weighted by atomic mass is 16.4. The maximum Gasteiger partial charge on any atom is 0.317 e. The summed E-state index contributed by atoms with van der Waals surface area (Å²) in [6, 6.07) is -0.928. The van der Waals surface area contributed by atoms with Crippen LogP contribution in [0.4, 0.5) is 4.79 Å². The van der Waals surface area contributed by atoms with Crippen molar-refractivity contribution in [1.29, 1.82) is 0 Å².